The molecule has 0 aliphatic rings. The van der Waals surface area contributed by atoms with Crippen molar-refractivity contribution in [2.24, 2.45) is 0 Å². The molecule has 0 spiro atoms. The smallest absolute Gasteiger partial charge is 0.360 e. The van der Waals surface area contributed by atoms with E-state index in [-0.39, 0.29) is 81.0 Å². The van der Waals surface area contributed by atoms with E-state index in [0.29, 0.717) is 0 Å². The molecule has 0 aliphatic carbocycles. The summed E-state index contributed by atoms with van der Waals surface area (Å²) in [6.45, 7) is 25.4. The molecule has 0 saturated carbocycles. The minimum Gasteiger partial charge on any atom is -0.464 e. The topological polar surface area (TPSA) is 214 Å². The van der Waals surface area contributed by atoms with E-state index in [1.807, 2.05) is 0 Å². The maximum absolute atomic E-state index is 13.9. The Balaban J connectivity index is 2.00. The number of H-pyrrole nitrogens is 1. The number of hydrogen-bond donors (Lipinski definition) is 3. The van der Waals surface area contributed by atoms with Crippen LogP contribution in [-0.4, -0.2) is 82.8 Å². The number of oxazole rings is 2. The lowest BCUT2D eigenvalue weighted by Gasteiger charge is -2.42. The van der Waals surface area contributed by atoms with Crippen molar-refractivity contribution in [3.8, 4) is 0 Å². The van der Waals surface area contributed by atoms with Crippen LogP contribution in [0, 0.1) is 0 Å². The van der Waals surface area contributed by atoms with Crippen molar-refractivity contribution in [3.05, 3.63) is 69.4 Å². The van der Waals surface area contributed by atoms with E-state index in [9.17, 15) is 24.0 Å². The van der Waals surface area contributed by atoms with Gasteiger partial charge in [0, 0.05) is 12.1 Å². The van der Waals surface area contributed by atoms with Gasteiger partial charge in [-0.3, -0.25) is 14.4 Å². The van der Waals surface area contributed by atoms with Gasteiger partial charge in [0.15, 0.2) is 33.5 Å². The standard InChI is InChI=1S/C39H61N5O11Si2/c1-21(2)56(22(3)4,23(5)6)54-19-30(36-43-32(17-52-36)38(48)50-13)41-34(46)28-15-27(45)16-29(40-28)35(47)42-31(37-44-33(18-53-37)39(49)51-14)20-55-57(24(7)8,25(9)10)26(11)12/h15-18,21-26,30-31H,19-20H2,1-14H3,(H,40,45)(H,41,46)(H,42,47). The quantitative estimate of drug-likeness (QED) is 0.0757. The van der Waals surface area contributed by atoms with Crippen molar-refractivity contribution in [2.45, 2.75) is 128 Å². The maximum atomic E-state index is 13.9. The van der Waals surface area contributed by atoms with Crippen LogP contribution < -0.4 is 16.1 Å². The Hall–Kier alpha value is -4.40. The van der Waals surface area contributed by atoms with Crippen LogP contribution in [0.25, 0.3) is 0 Å². The maximum Gasteiger partial charge on any atom is 0.360 e. The Morgan fingerprint density at radius 3 is 1.21 bits per heavy atom. The number of nitrogens with one attached hydrogen (secondary N) is 3. The molecule has 3 N–H and O–H groups in total. The molecule has 0 bridgehead atoms. The highest BCUT2D eigenvalue weighted by atomic mass is 28.4. The van der Waals surface area contributed by atoms with Gasteiger partial charge in [-0.2, -0.15) is 0 Å². The minimum absolute atomic E-state index is 0.0110. The number of ether oxygens (including phenoxy) is 2. The highest BCUT2D eigenvalue weighted by Crippen LogP contribution is 2.44. The summed E-state index contributed by atoms with van der Waals surface area (Å²) >= 11 is 0. The van der Waals surface area contributed by atoms with Gasteiger partial charge in [0.2, 0.25) is 11.8 Å². The van der Waals surface area contributed by atoms with E-state index in [4.69, 9.17) is 27.2 Å². The van der Waals surface area contributed by atoms with E-state index in [0.717, 1.165) is 24.7 Å². The summed E-state index contributed by atoms with van der Waals surface area (Å²) in [4.78, 5) is 76.7. The molecule has 316 valence electrons. The molecule has 3 rings (SSSR count). The van der Waals surface area contributed by atoms with Crippen LogP contribution in [0.2, 0.25) is 33.2 Å². The molecule has 2 atom stereocenters. The summed E-state index contributed by atoms with van der Waals surface area (Å²) < 4.78 is 34.4. The Kier molecular flexibility index (Phi) is 16.4. The van der Waals surface area contributed by atoms with E-state index < -0.39 is 57.9 Å². The molecule has 3 aromatic rings. The second-order valence-electron chi connectivity index (χ2n) is 16.1. The van der Waals surface area contributed by atoms with Crippen molar-refractivity contribution in [1.29, 1.82) is 0 Å². The summed E-state index contributed by atoms with van der Waals surface area (Å²) in [6.07, 6.45) is 2.26. The van der Waals surface area contributed by atoms with Crippen molar-refractivity contribution in [3.63, 3.8) is 0 Å². The second-order valence-corrected chi connectivity index (χ2v) is 27.0. The third kappa shape index (κ3) is 10.6. The number of amides is 2. The van der Waals surface area contributed by atoms with Gasteiger partial charge in [-0.25, -0.2) is 19.6 Å². The Labute approximate surface area is 336 Å². The predicted molar refractivity (Wildman–Crippen MR) is 217 cm³/mol. The fourth-order valence-corrected chi connectivity index (χ4v) is 19.3. The average molecular weight is 832 g/mol. The molecular weight excluding hydrogens is 771 g/mol. The van der Waals surface area contributed by atoms with Crippen molar-refractivity contribution in [2.75, 3.05) is 27.4 Å². The first-order valence-electron chi connectivity index (χ1n) is 19.4. The molecule has 3 aromatic heterocycles. The summed E-state index contributed by atoms with van der Waals surface area (Å²) in [6, 6.07) is 0.117. The highest BCUT2D eigenvalue weighted by Gasteiger charge is 2.47. The molecule has 2 amide bonds. The first-order valence-corrected chi connectivity index (χ1v) is 23.6. The second kappa shape index (κ2) is 19.8. The number of aromatic amines is 1. The molecule has 3 heterocycles. The summed E-state index contributed by atoms with van der Waals surface area (Å²) in [5, 5.41) is 5.64. The molecule has 0 radical (unpaired) electrons. The van der Waals surface area contributed by atoms with Crippen LogP contribution in [0.4, 0.5) is 0 Å². The average Bonchev–Trinajstić information content (AvgIpc) is 3.84. The minimum atomic E-state index is -2.47. The number of nitrogens with zero attached hydrogens (tertiary/aromatic N) is 2. The van der Waals surface area contributed by atoms with E-state index >= 15 is 0 Å². The fraction of sp³-hybridized carbons (Fsp3) is 0.615. The number of carbonyl (C=O) groups is 4. The molecule has 2 unspecified atom stereocenters. The lowest BCUT2D eigenvalue weighted by Crippen LogP contribution is -2.49. The lowest BCUT2D eigenvalue weighted by atomic mass is 10.2. The van der Waals surface area contributed by atoms with E-state index in [1.165, 1.54) is 14.2 Å². The number of pyridine rings is 1. The number of rotatable bonds is 20. The zero-order chi connectivity index (χ0) is 43.0. The van der Waals surface area contributed by atoms with E-state index in [2.05, 4.69) is 109 Å². The van der Waals surface area contributed by atoms with Crippen LogP contribution in [0.15, 0.2) is 38.3 Å². The molecule has 0 fully saturated rings. The number of methoxy groups -OCH3 is 2. The SMILES string of the molecule is COC(=O)c1coc(C(CO[Si](C(C)C)(C(C)C)C(C)C)NC(=O)c2cc(=O)cc(C(=O)NC(CO[Si](C(C)C)(C(C)C)C(C)C)c3nc(C(=O)OC)co3)[nH]2)n1. The largest absolute Gasteiger partial charge is 0.464 e. The summed E-state index contributed by atoms with van der Waals surface area (Å²) in [5.41, 5.74) is -0.00613. The fourth-order valence-electron chi connectivity index (χ4n) is 8.36. The third-order valence-corrected chi connectivity index (χ3v) is 22.9. The monoisotopic (exact) mass is 831 g/mol. The normalized spacial score (nSPS) is 13.5. The van der Waals surface area contributed by atoms with Crippen LogP contribution in [-0.2, 0) is 18.3 Å². The summed E-state index contributed by atoms with van der Waals surface area (Å²) in [5.74, 6) is -3.01. The number of esters is 2. The van der Waals surface area contributed by atoms with Crippen LogP contribution in [0.5, 0.6) is 0 Å². The van der Waals surface area contributed by atoms with Gasteiger partial charge in [-0.05, 0) is 33.2 Å². The van der Waals surface area contributed by atoms with Crippen LogP contribution in [0.1, 0.15) is 149 Å². The van der Waals surface area contributed by atoms with Gasteiger partial charge in [0.1, 0.15) is 36.0 Å². The predicted octanol–water partition coefficient (Wildman–Crippen LogP) is 7.25. The lowest BCUT2D eigenvalue weighted by molar-refractivity contribution is 0.0585. The number of aromatic nitrogens is 3. The first kappa shape index (κ1) is 47.0. The molecule has 0 saturated heterocycles. The Bertz CT molecular complexity index is 1730. The van der Waals surface area contributed by atoms with Crippen molar-refractivity contribution >= 4 is 40.4 Å². The number of hydrogen-bond acceptors (Lipinski definition) is 13. The molecule has 16 nitrogen and oxygen atoms in total. The zero-order valence-electron chi connectivity index (χ0n) is 35.7. The van der Waals surface area contributed by atoms with Gasteiger partial charge >= 0.3 is 11.9 Å². The third-order valence-electron chi connectivity index (χ3n) is 10.8. The zero-order valence-corrected chi connectivity index (χ0v) is 37.7. The van der Waals surface area contributed by atoms with Crippen LogP contribution in [0.3, 0.4) is 0 Å². The Morgan fingerprint density at radius 1 is 0.614 bits per heavy atom. The molecular formula is C39H61N5O11Si2. The molecule has 0 aromatic carbocycles. The van der Waals surface area contributed by atoms with Crippen molar-refractivity contribution in [1.82, 2.24) is 25.6 Å². The molecule has 0 aliphatic heterocycles. The van der Waals surface area contributed by atoms with Gasteiger partial charge in [-0.15, -0.1) is 0 Å². The molecule has 18 heteroatoms. The highest BCUT2D eigenvalue weighted by molar-refractivity contribution is 6.78. The first-order chi connectivity index (χ1) is 26.6. The van der Waals surface area contributed by atoms with Crippen LogP contribution >= 0.6 is 0 Å². The van der Waals surface area contributed by atoms with Gasteiger partial charge < -0.3 is 42.8 Å². The van der Waals surface area contributed by atoms with Gasteiger partial charge in [-0.1, -0.05) is 83.1 Å². The van der Waals surface area contributed by atoms with Gasteiger partial charge in [0.05, 0.1) is 27.4 Å². The molecule has 57 heavy (non-hydrogen) atoms. The van der Waals surface area contributed by atoms with E-state index in [1.54, 1.807) is 0 Å². The van der Waals surface area contributed by atoms with Crippen molar-refractivity contribution < 1.29 is 46.3 Å². The number of carbonyl (C=O) groups excluding carboxylic acids is 4. The van der Waals surface area contributed by atoms with Gasteiger partial charge in [0.25, 0.3) is 11.8 Å². The summed E-state index contributed by atoms with van der Waals surface area (Å²) in [7, 11) is -2.51. The Morgan fingerprint density at radius 2 is 0.930 bits per heavy atom.